The SMILES string of the molecule is Br.CCN(Cc1ccccc1)C(=O)C1CCCN(Cc2ccc(CN3CCCC(C(=O)N(CC)Cc4ccccc4)C3)cc2)C1. The van der Waals surface area contributed by atoms with Crippen LogP contribution < -0.4 is 0 Å². The third-order valence-electron chi connectivity index (χ3n) is 9.36. The second-order valence-electron chi connectivity index (χ2n) is 12.6. The maximum absolute atomic E-state index is 13.4. The van der Waals surface area contributed by atoms with Crippen LogP contribution in [0.15, 0.2) is 84.9 Å². The van der Waals surface area contributed by atoms with Crippen LogP contribution in [0.5, 0.6) is 0 Å². The zero-order valence-electron chi connectivity index (χ0n) is 27.2. The molecule has 0 saturated carbocycles. The van der Waals surface area contributed by atoms with Gasteiger partial charge in [-0.05, 0) is 74.9 Å². The first-order valence-corrected chi connectivity index (χ1v) is 16.7. The molecule has 45 heavy (non-hydrogen) atoms. The van der Waals surface area contributed by atoms with E-state index in [2.05, 4.69) is 72.2 Å². The van der Waals surface area contributed by atoms with E-state index in [-0.39, 0.29) is 40.6 Å². The van der Waals surface area contributed by atoms with Crippen molar-refractivity contribution in [2.75, 3.05) is 39.3 Å². The molecule has 2 saturated heterocycles. The van der Waals surface area contributed by atoms with Gasteiger partial charge < -0.3 is 9.80 Å². The normalized spacial score (nSPS) is 19.0. The van der Waals surface area contributed by atoms with Crippen molar-refractivity contribution in [3.05, 3.63) is 107 Å². The van der Waals surface area contributed by atoms with Gasteiger partial charge in [0.25, 0.3) is 0 Å². The second-order valence-corrected chi connectivity index (χ2v) is 12.6. The monoisotopic (exact) mass is 674 g/mol. The summed E-state index contributed by atoms with van der Waals surface area (Å²) >= 11 is 0. The first-order chi connectivity index (χ1) is 21.5. The molecule has 6 nitrogen and oxygen atoms in total. The molecule has 0 bridgehead atoms. The van der Waals surface area contributed by atoms with Crippen molar-refractivity contribution in [2.24, 2.45) is 11.8 Å². The lowest BCUT2D eigenvalue weighted by molar-refractivity contribution is -0.138. The van der Waals surface area contributed by atoms with Crippen molar-refractivity contribution in [3.8, 4) is 0 Å². The van der Waals surface area contributed by atoms with Crippen LogP contribution in [0.25, 0.3) is 0 Å². The molecular formula is C38H51BrN4O2. The quantitative estimate of drug-likeness (QED) is 0.212. The fraction of sp³-hybridized carbons (Fsp3) is 0.474. The fourth-order valence-electron chi connectivity index (χ4n) is 6.88. The van der Waals surface area contributed by atoms with Crippen LogP contribution in [0.2, 0.25) is 0 Å². The molecule has 0 N–H and O–H groups in total. The smallest absolute Gasteiger partial charge is 0.227 e. The van der Waals surface area contributed by atoms with Crippen LogP contribution in [0.3, 0.4) is 0 Å². The van der Waals surface area contributed by atoms with Gasteiger partial charge in [-0.2, -0.15) is 0 Å². The molecule has 0 radical (unpaired) electrons. The van der Waals surface area contributed by atoms with Crippen LogP contribution in [-0.2, 0) is 35.8 Å². The van der Waals surface area contributed by atoms with E-state index in [1.807, 2.05) is 46.2 Å². The summed E-state index contributed by atoms with van der Waals surface area (Å²) in [5.74, 6) is 0.712. The Morgan fingerprint density at radius 2 is 0.978 bits per heavy atom. The van der Waals surface area contributed by atoms with Crippen LogP contribution in [0.4, 0.5) is 0 Å². The van der Waals surface area contributed by atoms with Crippen LogP contribution in [0, 0.1) is 11.8 Å². The fourth-order valence-corrected chi connectivity index (χ4v) is 6.88. The summed E-state index contributed by atoms with van der Waals surface area (Å²) in [6.45, 7) is 12.5. The predicted molar refractivity (Wildman–Crippen MR) is 188 cm³/mol. The van der Waals surface area contributed by atoms with Crippen molar-refractivity contribution in [1.29, 1.82) is 0 Å². The molecule has 3 aromatic carbocycles. The van der Waals surface area contributed by atoms with E-state index in [0.29, 0.717) is 13.1 Å². The summed E-state index contributed by atoms with van der Waals surface area (Å²) in [7, 11) is 0. The van der Waals surface area contributed by atoms with Crippen LogP contribution in [-0.4, -0.2) is 70.7 Å². The molecule has 0 spiro atoms. The Morgan fingerprint density at radius 1 is 0.600 bits per heavy atom. The van der Waals surface area contributed by atoms with Gasteiger partial charge in [-0.1, -0.05) is 84.9 Å². The highest BCUT2D eigenvalue weighted by molar-refractivity contribution is 8.93. The van der Waals surface area contributed by atoms with Gasteiger partial charge in [-0.3, -0.25) is 19.4 Å². The summed E-state index contributed by atoms with van der Waals surface area (Å²) in [6, 6.07) is 29.6. The lowest BCUT2D eigenvalue weighted by Gasteiger charge is -2.35. The van der Waals surface area contributed by atoms with E-state index < -0.39 is 0 Å². The average molecular weight is 676 g/mol. The number of hydrogen-bond acceptors (Lipinski definition) is 4. The number of piperidine rings is 2. The van der Waals surface area contributed by atoms with E-state index >= 15 is 0 Å². The van der Waals surface area contributed by atoms with E-state index in [4.69, 9.17) is 0 Å². The standard InChI is InChI=1S/C38H50N4O2.BrH/c1-3-41(27-31-13-7-5-8-14-31)37(43)35-17-11-23-39(29-35)25-33-19-21-34(22-20-33)26-40-24-12-18-36(30-40)38(44)42(4-2)28-32-15-9-6-10-16-32;/h5-10,13-16,19-22,35-36H,3-4,11-12,17-18,23-30H2,1-2H3;1H. The number of carbonyl (C=O) groups is 2. The zero-order chi connectivity index (χ0) is 30.7. The minimum Gasteiger partial charge on any atom is -0.338 e. The molecule has 2 fully saturated rings. The number of amides is 2. The Labute approximate surface area is 281 Å². The molecule has 0 aromatic heterocycles. The van der Waals surface area contributed by atoms with Crippen molar-refractivity contribution in [1.82, 2.24) is 19.6 Å². The molecule has 3 aromatic rings. The van der Waals surface area contributed by atoms with Gasteiger partial charge in [-0.15, -0.1) is 17.0 Å². The molecule has 2 aliphatic heterocycles. The highest BCUT2D eigenvalue weighted by Gasteiger charge is 2.30. The Bertz CT molecular complexity index is 1220. The first-order valence-electron chi connectivity index (χ1n) is 16.7. The van der Waals surface area contributed by atoms with E-state index in [9.17, 15) is 9.59 Å². The van der Waals surface area contributed by atoms with Gasteiger partial charge in [0.05, 0.1) is 11.8 Å². The van der Waals surface area contributed by atoms with Crippen LogP contribution in [0.1, 0.15) is 61.8 Å². The largest absolute Gasteiger partial charge is 0.338 e. The summed E-state index contributed by atoms with van der Waals surface area (Å²) in [6.07, 6.45) is 4.07. The molecule has 2 unspecified atom stereocenters. The Balaban J connectivity index is 0.00000461. The first kappa shape index (κ1) is 34.9. The molecule has 242 valence electrons. The van der Waals surface area contributed by atoms with Gasteiger partial charge in [-0.25, -0.2) is 0 Å². The third kappa shape index (κ3) is 9.99. The topological polar surface area (TPSA) is 47.1 Å². The number of carbonyl (C=O) groups excluding carboxylic acids is 2. The van der Waals surface area contributed by atoms with Crippen LogP contribution >= 0.6 is 17.0 Å². The molecule has 2 atom stereocenters. The molecule has 2 heterocycles. The Hall–Kier alpha value is -3.00. The lowest BCUT2D eigenvalue weighted by Crippen LogP contribution is -2.44. The van der Waals surface area contributed by atoms with Gasteiger partial charge in [0, 0.05) is 52.4 Å². The van der Waals surface area contributed by atoms with Gasteiger partial charge >= 0.3 is 0 Å². The van der Waals surface area contributed by atoms with Gasteiger partial charge in [0.2, 0.25) is 11.8 Å². The summed E-state index contributed by atoms with van der Waals surface area (Å²) < 4.78 is 0. The number of rotatable bonds is 12. The number of nitrogens with zero attached hydrogens (tertiary/aromatic N) is 4. The summed E-state index contributed by atoms with van der Waals surface area (Å²) in [5.41, 5.74) is 4.97. The van der Waals surface area contributed by atoms with E-state index in [1.54, 1.807) is 0 Å². The minimum absolute atomic E-state index is 0. The van der Waals surface area contributed by atoms with Gasteiger partial charge in [0.1, 0.15) is 0 Å². The highest BCUT2D eigenvalue weighted by Crippen LogP contribution is 2.24. The highest BCUT2D eigenvalue weighted by atomic mass is 79.9. The van der Waals surface area contributed by atoms with Crippen molar-refractivity contribution in [2.45, 2.75) is 65.7 Å². The predicted octanol–water partition coefficient (Wildman–Crippen LogP) is 6.79. The summed E-state index contributed by atoms with van der Waals surface area (Å²) in [4.78, 5) is 35.8. The molecule has 2 aliphatic rings. The molecule has 5 rings (SSSR count). The van der Waals surface area contributed by atoms with E-state index in [1.165, 1.54) is 22.3 Å². The molecule has 0 aliphatic carbocycles. The maximum atomic E-state index is 13.4. The number of benzene rings is 3. The van der Waals surface area contributed by atoms with Gasteiger partial charge in [0.15, 0.2) is 0 Å². The zero-order valence-corrected chi connectivity index (χ0v) is 28.9. The number of halogens is 1. The Morgan fingerprint density at radius 3 is 1.33 bits per heavy atom. The van der Waals surface area contributed by atoms with Crippen molar-refractivity contribution in [3.63, 3.8) is 0 Å². The average Bonchev–Trinajstić information content (AvgIpc) is 3.07. The molecular weight excluding hydrogens is 624 g/mol. The maximum Gasteiger partial charge on any atom is 0.227 e. The number of hydrogen-bond donors (Lipinski definition) is 0. The van der Waals surface area contributed by atoms with Crippen molar-refractivity contribution >= 4 is 28.8 Å². The number of likely N-dealkylation sites (tertiary alicyclic amines) is 2. The lowest BCUT2D eigenvalue weighted by atomic mass is 9.95. The van der Waals surface area contributed by atoms with Crippen molar-refractivity contribution < 1.29 is 9.59 Å². The van der Waals surface area contributed by atoms with E-state index in [0.717, 1.165) is 78.0 Å². The molecule has 2 amide bonds. The minimum atomic E-state index is 0. The summed E-state index contributed by atoms with van der Waals surface area (Å²) in [5, 5.41) is 0. The Kier molecular flexibility index (Phi) is 13.7. The molecule has 7 heteroatoms. The third-order valence-corrected chi connectivity index (χ3v) is 9.36. The second kappa shape index (κ2) is 17.6.